The van der Waals surface area contributed by atoms with Crippen molar-refractivity contribution in [3.8, 4) is 0 Å². The van der Waals surface area contributed by atoms with Crippen molar-refractivity contribution in [1.82, 2.24) is 4.90 Å². The summed E-state index contributed by atoms with van der Waals surface area (Å²) in [5, 5.41) is 0. The predicted molar refractivity (Wildman–Crippen MR) is 57.4 cm³/mol. The minimum Gasteiger partial charge on any atom is -0.444 e. The zero-order chi connectivity index (χ0) is 11.2. The molecule has 0 aromatic carbocycles. The lowest BCUT2D eigenvalue weighted by atomic mass is 9.76. The largest absolute Gasteiger partial charge is 0.444 e. The molecule has 1 aliphatic heterocycles. The molecule has 0 bridgehead atoms. The van der Waals surface area contributed by atoms with Crippen LogP contribution in [0.25, 0.3) is 0 Å². The van der Waals surface area contributed by atoms with E-state index in [0.717, 1.165) is 19.4 Å². The Morgan fingerprint density at radius 2 is 2.13 bits per heavy atom. The molecule has 0 spiro atoms. The number of nitrogens with two attached hydrogens (primary N) is 1. The highest BCUT2D eigenvalue weighted by Crippen LogP contribution is 2.39. The molecule has 3 atom stereocenters. The predicted octanol–water partition coefficient (Wildman–Crippen LogP) is 1.34. The highest BCUT2D eigenvalue weighted by Gasteiger charge is 2.49. The topological polar surface area (TPSA) is 55.6 Å². The van der Waals surface area contributed by atoms with Crippen LogP contribution in [0.1, 0.15) is 33.6 Å². The summed E-state index contributed by atoms with van der Waals surface area (Å²) in [6.45, 7) is 6.47. The van der Waals surface area contributed by atoms with E-state index >= 15 is 0 Å². The molecular formula is C11H20N2O2. The van der Waals surface area contributed by atoms with Gasteiger partial charge in [-0.3, -0.25) is 0 Å². The number of rotatable bonds is 0. The highest BCUT2D eigenvalue weighted by molar-refractivity contribution is 5.69. The van der Waals surface area contributed by atoms with Crippen molar-refractivity contribution >= 4 is 6.09 Å². The van der Waals surface area contributed by atoms with Gasteiger partial charge in [-0.2, -0.15) is 0 Å². The number of amides is 1. The van der Waals surface area contributed by atoms with Crippen LogP contribution in [-0.4, -0.2) is 35.2 Å². The van der Waals surface area contributed by atoms with Gasteiger partial charge in [0.2, 0.25) is 0 Å². The fourth-order valence-electron chi connectivity index (χ4n) is 2.54. The Hall–Kier alpha value is -0.770. The molecule has 1 saturated heterocycles. The molecule has 1 aliphatic carbocycles. The number of fused-ring (bicyclic) bond motifs is 1. The minimum absolute atomic E-state index is 0.157. The first-order valence-corrected chi connectivity index (χ1v) is 5.64. The summed E-state index contributed by atoms with van der Waals surface area (Å²) in [5.74, 6) is 0.618. The SMILES string of the molecule is CC(C)(C)OC(=O)N1CC[C@H]2C[C@H](N)[C@H]21. The van der Waals surface area contributed by atoms with E-state index in [1.54, 1.807) is 0 Å². The molecule has 0 radical (unpaired) electrons. The highest BCUT2D eigenvalue weighted by atomic mass is 16.6. The lowest BCUT2D eigenvalue weighted by Crippen LogP contribution is -2.58. The number of hydrogen-bond donors (Lipinski definition) is 1. The van der Waals surface area contributed by atoms with Crippen LogP contribution in [0.2, 0.25) is 0 Å². The summed E-state index contributed by atoms with van der Waals surface area (Å²) in [4.78, 5) is 13.7. The van der Waals surface area contributed by atoms with Crippen molar-refractivity contribution in [3.05, 3.63) is 0 Å². The zero-order valence-electron chi connectivity index (χ0n) is 9.69. The van der Waals surface area contributed by atoms with E-state index in [9.17, 15) is 4.79 Å². The van der Waals surface area contributed by atoms with Gasteiger partial charge in [0.25, 0.3) is 0 Å². The van der Waals surface area contributed by atoms with Gasteiger partial charge in [0, 0.05) is 12.6 Å². The second-order valence-corrected chi connectivity index (χ2v) is 5.61. The van der Waals surface area contributed by atoms with Crippen LogP contribution in [0.3, 0.4) is 0 Å². The third-order valence-electron chi connectivity index (χ3n) is 3.23. The number of likely N-dealkylation sites (tertiary alicyclic amines) is 1. The van der Waals surface area contributed by atoms with Crippen LogP contribution in [0.15, 0.2) is 0 Å². The maximum atomic E-state index is 11.8. The Morgan fingerprint density at radius 3 is 2.67 bits per heavy atom. The maximum absolute atomic E-state index is 11.8. The van der Waals surface area contributed by atoms with Gasteiger partial charge in [0.1, 0.15) is 5.60 Å². The number of hydrogen-bond acceptors (Lipinski definition) is 3. The second-order valence-electron chi connectivity index (χ2n) is 5.61. The molecule has 2 aliphatic rings. The maximum Gasteiger partial charge on any atom is 0.410 e. The normalized spacial score (nSPS) is 34.7. The molecule has 0 unspecified atom stereocenters. The Kier molecular flexibility index (Phi) is 2.41. The second kappa shape index (κ2) is 3.37. The summed E-state index contributed by atoms with van der Waals surface area (Å²) in [7, 11) is 0. The van der Waals surface area contributed by atoms with Crippen molar-refractivity contribution in [2.24, 2.45) is 11.7 Å². The number of carbonyl (C=O) groups excluding carboxylic acids is 1. The van der Waals surface area contributed by atoms with E-state index in [1.165, 1.54) is 0 Å². The fraction of sp³-hybridized carbons (Fsp3) is 0.909. The van der Waals surface area contributed by atoms with Gasteiger partial charge in [-0.05, 0) is 39.5 Å². The molecule has 1 amide bonds. The number of carbonyl (C=O) groups is 1. The van der Waals surface area contributed by atoms with Crippen LogP contribution in [0.4, 0.5) is 4.79 Å². The monoisotopic (exact) mass is 212 g/mol. The summed E-state index contributed by atoms with van der Waals surface area (Å²) >= 11 is 0. The van der Waals surface area contributed by atoms with Crippen LogP contribution >= 0.6 is 0 Å². The molecule has 1 saturated carbocycles. The summed E-state index contributed by atoms with van der Waals surface area (Å²) in [6, 6.07) is 0.393. The first-order chi connectivity index (χ1) is 6.88. The molecule has 1 heterocycles. The first-order valence-electron chi connectivity index (χ1n) is 5.64. The summed E-state index contributed by atoms with van der Waals surface area (Å²) < 4.78 is 5.35. The van der Waals surface area contributed by atoms with Gasteiger partial charge in [-0.15, -0.1) is 0 Å². The van der Waals surface area contributed by atoms with Crippen LogP contribution in [-0.2, 0) is 4.74 Å². The number of ether oxygens (including phenoxy) is 1. The zero-order valence-corrected chi connectivity index (χ0v) is 9.69. The molecule has 0 aromatic heterocycles. The minimum atomic E-state index is -0.414. The van der Waals surface area contributed by atoms with E-state index in [2.05, 4.69) is 0 Å². The van der Waals surface area contributed by atoms with Crippen LogP contribution < -0.4 is 5.73 Å². The first kappa shape index (κ1) is 10.7. The van der Waals surface area contributed by atoms with Gasteiger partial charge in [-0.1, -0.05) is 0 Å². The van der Waals surface area contributed by atoms with Crippen molar-refractivity contribution in [2.45, 2.75) is 51.3 Å². The van der Waals surface area contributed by atoms with Crippen LogP contribution in [0.5, 0.6) is 0 Å². The van der Waals surface area contributed by atoms with Crippen molar-refractivity contribution in [3.63, 3.8) is 0 Å². The fourth-order valence-corrected chi connectivity index (χ4v) is 2.54. The van der Waals surface area contributed by atoms with Crippen molar-refractivity contribution in [2.75, 3.05) is 6.54 Å². The third-order valence-corrected chi connectivity index (χ3v) is 3.23. The summed E-state index contributed by atoms with van der Waals surface area (Å²) in [6.07, 6.45) is 1.94. The Morgan fingerprint density at radius 1 is 1.47 bits per heavy atom. The molecular weight excluding hydrogens is 192 g/mol. The quantitative estimate of drug-likeness (QED) is 0.659. The molecule has 4 nitrogen and oxygen atoms in total. The molecule has 2 fully saturated rings. The average molecular weight is 212 g/mol. The number of nitrogens with zero attached hydrogens (tertiary/aromatic N) is 1. The Balaban J connectivity index is 1.97. The van der Waals surface area contributed by atoms with E-state index < -0.39 is 5.60 Å². The summed E-state index contributed by atoms with van der Waals surface area (Å²) in [5.41, 5.74) is 5.49. The molecule has 2 rings (SSSR count). The smallest absolute Gasteiger partial charge is 0.410 e. The Labute approximate surface area is 90.8 Å². The van der Waals surface area contributed by atoms with Crippen molar-refractivity contribution in [1.29, 1.82) is 0 Å². The standard InChI is InChI=1S/C11H20N2O2/c1-11(2,3)15-10(14)13-5-4-7-6-8(12)9(7)13/h7-9H,4-6,12H2,1-3H3/t7-,8-,9-/m0/s1. The van der Waals surface area contributed by atoms with Gasteiger partial charge in [-0.25, -0.2) is 4.79 Å². The van der Waals surface area contributed by atoms with Gasteiger partial charge in [0.05, 0.1) is 6.04 Å². The van der Waals surface area contributed by atoms with Crippen molar-refractivity contribution < 1.29 is 9.53 Å². The van der Waals surface area contributed by atoms with Gasteiger partial charge >= 0.3 is 6.09 Å². The van der Waals surface area contributed by atoms with Gasteiger partial charge in [0.15, 0.2) is 0 Å². The molecule has 2 N–H and O–H groups in total. The van der Waals surface area contributed by atoms with Crippen LogP contribution in [0, 0.1) is 5.92 Å². The lowest BCUT2D eigenvalue weighted by Gasteiger charge is -2.42. The Bertz CT molecular complexity index is 272. The lowest BCUT2D eigenvalue weighted by molar-refractivity contribution is 0.00928. The van der Waals surface area contributed by atoms with E-state index in [0.29, 0.717) is 5.92 Å². The molecule has 15 heavy (non-hydrogen) atoms. The molecule has 0 aromatic rings. The van der Waals surface area contributed by atoms with E-state index in [4.69, 9.17) is 10.5 Å². The van der Waals surface area contributed by atoms with E-state index in [-0.39, 0.29) is 18.2 Å². The third kappa shape index (κ3) is 1.95. The molecule has 4 heteroatoms. The molecule has 86 valence electrons. The van der Waals surface area contributed by atoms with E-state index in [1.807, 2.05) is 25.7 Å². The van der Waals surface area contributed by atoms with Gasteiger partial charge < -0.3 is 15.4 Å². The average Bonchev–Trinajstić information content (AvgIpc) is 2.38.